The Labute approximate surface area is 168 Å². The van der Waals surface area contributed by atoms with Crippen molar-refractivity contribution in [2.45, 2.75) is 18.8 Å². The lowest BCUT2D eigenvalue weighted by molar-refractivity contribution is -0.126. The normalized spacial score (nSPS) is 17.2. The molecule has 1 aliphatic heterocycles. The third-order valence-corrected chi connectivity index (χ3v) is 5.38. The molecule has 1 aliphatic carbocycles. The lowest BCUT2D eigenvalue weighted by Crippen LogP contribution is -2.48. The van der Waals surface area contributed by atoms with Gasteiger partial charge in [0, 0.05) is 49.4 Å². The van der Waals surface area contributed by atoms with Crippen LogP contribution in [-0.2, 0) is 4.79 Å². The standard InChI is InChI=1S/C22H22N4O3/c27-20(10-9-19-2-1-15-28-19)26-13-11-25(12-14-26)18-7-5-16(6-8-18)21-23-22(29-24-21)17-3-4-17/h1-2,5-10,15,17H,3-4,11-14H2/b10-9+. The Bertz CT molecular complexity index is 995. The zero-order valence-corrected chi connectivity index (χ0v) is 16.0. The lowest BCUT2D eigenvalue weighted by Gasteiger charge is -2.35. The smallest absolute Gasteiger partial charge is 0.246 e. The average Bonchev–Trinajstić information content (AvgIpc) is 3.27. The third-order valence-electron chi connectivity index (χ3n) is 5.38. The SMILES string of the molecule is O=C(/C=C/c1ccco1)N1CCN(c2ccc(-c3noc(C4CC4)n3)cc2)CC1. The van der Waals surface area contributed by atoms with Gasteiger partial charge in [-0.3, -0.25) is 4.79 Å². The van der Waals surface area contributed by atoms with Crippen molar-refractivity contribution in [3.05, 3.63) is 60.4 Å². The summed E-state index contributed by atoms with van der Waals surface area (Å²) in [7, 11) is 0. The molecule has 3 heterocycles. The fourth-order valence-electron chi connectivity index (χ4n) is 3.50. The van der Waals surface area contributed by atoms with Gasteiger partial charge in [-0.2, -0.15) is 4.98 Å². The first-order valence-electron chi connectivity index (χ1n) is 9.96. The lowest BCUT2D eigenvalue weighted by atomic mass is 10.1. The van der Waals surface area contributed by atoms with Crippen LogP contribution >= 0.6 is 0 Å². The van der Waals surface area contributed by atoms with Gasteiger partial charge in [0.2, 0.25) is 17.6 Å². The number of furan rings is 1. The van der Waals surface area contributed by atoms with Crippen LogP contribution in [0.1, 0.15) is 30.4 Å². The molecule has 0 atom stereocenters. The van der Waals surface area contributed by atoms with Gasteiger partial charge in [-0.25, -0.2) is 0 Å². The van der Waals surface area contributed by atoms with Crippen molar-refractivity contribution in [2.24, 2.45) is 0 Å². The Kier molecular flexibility index (Phi) is 4.63. The molecule has 3 aromatic rings. The highest BCUT2D eigenvalue weighted by atomic mass is 16.5. The molecule has 0 spiro atoms. The van der Waals surface area contributed by atoms with Crippen LogP contribution in [-0.4, -0.2) is 47.1 Å². The maximum atomic E-state index is 12.3. The second kappa shape index (κ2) is 7.58. The van der Waals surface area contributed by atoms with Gasteiger partial charge in [0.05, 0.1) is 6.26 Å². The zero-order valence-electron chi connectivity index (χ0n) is 16.0. The van der Waals surface area contributed by atoms with E-state index in [-0.39, 0.29) is 5.91 Å². The Balaban J connectivity index is 1.17. The summed E-state index contributed by atoms with van der Waals surface area (Å²) in [4.78, 5) is 21.0. The molecular formula is C22H22N4O3. The van der Waals surface area contributed by atoms with E-state index in [4.69, 9.17) is 8.94 Å². The van der Waals surface area contributed by atoms with Crippen molar-refractivity contribution in [3.63, 3.8) is 0 Å². The fourth-order valence-corrected chi connectivity index (χ4v) is 3.50. The van der Waals surface area contributed by atoms with Gasteiger partial charge in [0.1, 0.15) is 5.76 Å². The monoisotopic (exact) mass is 390 g/mol. The minimum Gasteiger partial charge on any atom is -0.465 e. The maximum Gasteiger partial charge on any atom is 0.246 e. The molecule has 148 valence electrons. The third kappa shape index (κ3) is 3.94. The molecule has 2 fully saturated rings. The average molecular weight is 390 g/mol. The molecule has 0 unspecified atom stereocenters. The predicted octanol–water partition coefficient (Wildman–Crippen LogP) is 3.57. The summed E-state index contributed by atoms with van der Waals surface area (Å²) in [6, 6.07) is 11.8. The predicted molar refractivity (Wildman–Crippen MR) is 108 cm³/mol. The summed E-state index contributed by atoms with van der Waals surface area (Å²) in [6.45, 7) is 2.98. The van der Waals surface area contributed by atoms with Crippen molar-refractivity contribution in [1.29, 1.82) is 0 Å². The van der Waals surface area contributed by atoms with Crippen molar-refractivity contribution in [1.82, 2.24) is 15.0 Å². The Morgan fingerprint density at radius 3 is 2.55 bits per heavy atom. The maximum absolute atomic E-state index is 12.3. The molecule has 2 aliphatic rings. The molecule has 29 heavy (non-hydrogen) atoms. The second-order valence-corrected chi connectivity index (χ2v) is 7.44. The Morgan fingerprint density at radius 1 is 1.07 bits per heavy atom. The summed E-state index contributed by atoms with van der Waals surface area (Å²) in [6.07, 6.45) is 7.17. The number of carbonyl (C=O) groups is 1. The molecule has 1 saturated heterocycles. The summed E-state index contributed by atoms with van der Waals surface area (Å²) in [5, 5.41) is 4.10. The van der Waals surface area contributed by atoms with Gasteiger partial charge in [-0.05, 0) is 55.3 Å². The number of amides is 1. The first-order chi connectivity index (χ1) is 14.3. The molecule has 7 nitrogen and oxygen atoms in total. The summed E-state index contributed by atoms with van der Waals surface area (Å²) in [5.74, 6) is 2.56. The summed E-state index contributed by atoms with van der Waals surface area (Å²) < 4.78 is 10.6. The molecule has 5 rings (SSSR count). The number of nitrogens with zero attached hydrogens (tertiary/aromatic N) is 4. The topological polar surface area (TPSA) is 75.6 Å². The molecule has 0 bridgehead atoms. The quantitative estimate of drug-likeness (QED) is 0.620. The molecular weight excluding hydrogens is 368 g/mol. The number of rotatable bonds is 5. The van der Waals surface area contributed by atoms with E-state index in [1.54, 1.807) is 24.5 Å². The van der Waals surface area contributed by atoms with Gasteiger partial charge in [0.25, 0.3) is 0 Å². The number of piperazine rings is 1. The number of hydrogen-bond acceptors (Lipinski definition) is 6. The van der Waals surface area contributed by atoms with E-state index in [2.05, 4.69) is 27.2 Å². The van der Waals surface area contributed by atoms with E-state index < -0.39 is 0 Å². The minimum absolute atomic E-state index is 0.0139. The molecule has 0 N–H and O–H groups in total. The summed E-state index contributed by atoms with van der Waals surface area (Å²) in [5.41, 5.74) is 2.10. The van der Waals surface area contributed by atoms with Gasteiger partial charge < -0.3 is 18.7 Å². The van der Waals surface area contributed by atoms with E-state index in [0.717, 1.165) is 43.1 Å². The molecule has 1 saturated carbocycles. The van der Waals surface area contributed by atoms with Crippen LogP contribution in [0.2, 0.25) is 0 Å². The summed E-state index contributed by atoms with van der Waals surface area (Å²) >= 11 is 0. The van der Waals surface area contributed by atoms with Crippen molar-refractivity contribution in [2.75, 3.05) is 31.1 Å². The second-order valence-electron chi connectivity index (χ2n) is 7.44. The Morgan fingerprint density at radius 2 is 1.86 bits per heavy atom. The fraction of sp³-hybridized carbons (Fsp3) is 0.318. The van der Waals surface area contributed by atoms with Crippen LogP contribution in [0, 0.1) is 0 Å². The number of anilines is 1. The van der Waals surface area contributed by atoms with E-state index in [1.807, 2.05) is 23.1 Å². The number of benzene rings is 1. The van der Waals surface area contributed by atoms with E-state index >= 15 is 0 Å². The van der Waals surface area contributed by atoms with Crippen molar-refractivity contribution < 1.29 is 13.7 Å². The number of aromatic nitrogens is 2. The van der Waals surface area contributed by atoms with E-state index in [0.29, 0.717) is 30.6 Å². The zero-order chi connectivity index (χ0) is 19.6. The van der Waals surface area contributed by atoms with Crippen LogP contribution in [0.5, 0.6) is 0 Å². The van der Waals surface area contributed by atoms with Gasteiger partial charge in [-0.15, -0.1) is 0 Å². The van der Waals surface area contributed by atoms with E-state index in [9.17, 15) is 4.79 Å². The van der Waals surface area contributed by atoms with Crippen LogP contribution in [0.15, 0.2) is 57.7 Å². The first-order valence-corrected chi connectivity index (χ1v) is 9.96. The highest BCUT2D eigenvalue weighted by Crippen LogP contribution is 2.39. The minimum atomic E-state index is 0.0139. The highest BCUT2D eigenvalue weighted by Gasteiger charge is 2.29. The molecule has 7 heteroatoms. The number of carbonyl (C=O) groups excluding carboxylic acids is 1. The molecule has 0 radical (unpaired) electrons. The molecule has 2 aromatic heterocycles. The molecule has 1 amide bonds. The Hall–Kier alpha value is -3.35. The van der Waals surface area contributed by atoms with E-state index in [1.165, 1.54) is 0 Å². The van der Waals surface area contributed by atoms with Crippen LogP contribution < -0.4 is 4.90 Å². The van der Waals surface area contributed by atoms with Crippen LogP contribution in [0.3, 0.4) is 0 Å². The largest absolute Gasteiger partial charge is 0.465 e. The van der Waals surface area contributed by atoms with Gasteiger partial charge in [-0.1, -0.05) is 5.16 Å². The molecule has 1 aromatic carbocycles. The first kappa shape index (κ1) is 17.7. The van der Waals surface area contributed by atoms with Crippen molar-refractivity contribution >= 4 is 17.7 Å². The number of hydrogen-bond donors (Lipinski definition) is 0. The van der Waals surface area contributed by atoms with Crippen LogP contribution in [0.25, 0.3) is 17.5 Å². The van der Waals surface area contributed by atoms with Gasteiger partial charge >= 0.3 is 0 Å². The van der Waals surface area contributed by atoms with Crippen LogP contribution in [0.4, 0.5) is 5.69 Å². The van der Waals surface area contributed by atoms with Gasteiger partial charge in [0.15, 0.2) is 0 Å². The van der Waals surface area contributed by atoms with Crippen molar-refractivity contribution in [3.8, 4) is 11.4 Å². The highest BCUT2D eigenvalue weighted by molar-refractivity contribution is 5.91.